The van der Waals surface area contributed by atoms with Crippen molar-refractivity contribution >= 4 is 28.8 Å². The maximum atomic E-state index is 12.6. The van der Waals surface area contributed by atoms with Gasteiger partial charge in [-0.3, -0.25) is 14.0 Å². The normalized spacial score (nSPS) is 17.4. The molecule has 4 heterocycles. The van der Waals surface area contributed by atoms with Crippen molar-refractivity contribution in [1.29, 1.82) is 0 Å². The number of hydrogen-bond donors (Lipinski definition) is 1. The molecule has 1 fully saturated rings. The van der Waals surface area contributed by atoms with Gasteiger partial charge in [0.25, 0.3) is 5.91 Å². The van der Waals surface area contributed by atoms with Crippen LogP contribution in [0, 0.1) is 5.92 Å². The lowest BCUT2D eigenvalue weighted by Gasteiger charge is -2.31. The highest BCUT2D eigenvalue weighted by molar-refractivity contribution is 7.12. The molecule has 0 saturated carbocycles. The molecule has 4 rings (SSSR count). The van der Waals surface area contributed by atoms with E-state index in [2.05, 4.69) is 15.5 Å². The van der Waals surface area contributed by atoms with E-state index in [1.165, 1.54) is 11.3 Å². The number of rotatable bonds is 4. The number of hydrogen-bond acceptors (Lipinski definition) is 5. The van der Waals surface area contributed by atoms with Gasteiger partial charge in [-0.15, -0.1) is 21.5 Å². The Morgan fingerprint density at radius 1 is 1.23 bits per heavy atom. The number of thiophene rings is 1. The highest BCUT2D eigenvalue weighted by Gasteiger charge is 2.29. The van der Waals surface area contributed by atoms with E-state index in [0.717, 1.165) is 23.4 Å². The van der Waals surface area contributed by atoms with Crippen molar-refractivity contribution in [2.45, 2.75) is 19.4 Å². The fraction of sp³-hybridized carbons (Fsp3) is 0.333. The van der Waals surface area contributed by atoms with Gasteiger partial charge in [-0.05, 0) is 36.4 Å². The molecular formula is C18H19N5O2S. The first-order chi connectivity index (χ1) is 12.7. The van der Waals surface area contributed by atoms with E-state index in [1.807, 2.05) is 46.3 Å². The third-order valence-electron chi connectivity index (χ3n) is 4.62. The van der Waals surface area contributed by atoms with E-state index in [1.54, 1.807) is 4.90 Å². The van der Waals surface area contributed by atoms with Crippen LogP contribution in [0.1, 0.15) is 28.3 Å². The molecule has 2 amide bonds. The molecule has 8 heteroatoms. The van der Waals surface area contributed by atoms with E-state index in [-0.39, 0.29) is 17.7 Å². The van der Waals surface area contributed by atoms with Crippen LogP contribution >= 0.6 is 11.3 Å². The van der Waals surface area contributed by atoms with E-state index < -0.39 is 0 Å². The Morgan fingerprint density at radius 2 is 2.15 bits per heavy atom. The molecule has 1 atom stereocenters. The van der Waals surface area contributed by atoms with Gasteiger partial charge in [0.2, 0.25) is 5.91 Å². The van der Waals surface area contributed by atoms with Crippen molar-refractivity contribution in [2.75, 3.05) is 13.1 Å². The van der Waals surface area contributed by atoms with Crippen molar-refractivity contribution in [3.63, 3.8) is 0 Å². The molecular weight excluding hydrogens is 350 g/mol. The van der Waals surface area contributed by atoms with Gasteiger partial charge in [0.15, 0.2) is 11.5 Å². The molecule has 1 aliphatic heterocycles. The van der Waals surface area contributed by atoms with Crippen molar-refractivity contribution in [3.05, 3.63) is 52.6 Å². The summed E-state index contributed by atoms with van der Waals surface area (Å²) in [6.07, 6.45) is 3.50. The molecule has 3 aromatic heterocycles. The number of piperidine rings is 1. The van der Waals surface area contributed by atoms with Gasteiger partial charge in [0.05, 0.1) is 17.3 Å². The molecule has 0 aromatic carbocycles. The lowest BCUT2D eigenvalue weighted by atomic mass is 9.97. The SMILES string of the molecule is O=C(NCc1nnc2ccccn12)[C@@H]1CCCN(C(=O)c2cccs2)C1. The Kier molecular flexibility index (Phi) is 4.66. The minimum Gasteiger partial charge on any atom is -0.348 e. The Balaban J connectivity index is 1.37. The largest absolute Gasteiger partial charge is 0.348 e. The summed E-state index contributed by atoms with van der Waals surface area (Å²) in [6, 6.07) is 9.36. The standard InChI is InChI=1S/C18H19N5O2S/c24-17(19-11-16-21-20-15-7-1-2-9-23(15)16)13-5-3-8-22(12-13)18(25)14-6-4-10-26-14/h1-2,4,6-7,9-10,13H,3,5,8,11-12H2,(H,19,24)/t13-/m1/s1. The molecule has 1 N–H and O–H groups in total. The summed E-state index contributed by atoms with van der Waals surface area (Å²) in [7, 11) is 0. The fourth-order valence-corrected chi connectivity index (χ4v) is 3.94. The third kappa shape index (κ3) is 3.32. The number of amides is 2. The number of pyridine rings is 1. The number of carbonyl (C=O) groups is 2. The van der Waals surface area contributed by atoms with Gasteiger partial charge in [-0.2, -0.15) is 0 Å². The molecule has 0 aliphatic carbocycles. The zero-order valence-electron chi connectivity index (χ0n) is 14.2. The van der Waals surface area contributed by atoms with Gasteiger partial charge in [-0.1, -0.05) is 12.1 Å². The van der Waals surface area contributed by atoms with Gasteiger partial charge in [0.1, 0.15) is 0 Å². The monoisotopic (exact) mass is 369 g/mol. The molecule has 0 unspecified atom stereocenters. The van der Waals surface area contributed by atoms with Crippen molar-refractivity contribution in [2.24, 2.45) is 5.92 Å². The second-order valence-corrected chi connectivity index (χ2v) is 7.28. The number of aromatic nitrogens is 3. The maximum absolute atomic E-state index is 12.6. The average Bonchev–Trinajstić information content (AvgIpc) is 3.36. The summed E-state index contributed by atoms with van der Waals surface area (Å²) in [4.78, 5) is 27.6. The van der Waals surface area contributed by atoms with Crippen LogP contribution in [0.25, 0.3) is 5.65 Å². The van der Waals surface area contributed by atoms with Crippen LogP contribution in [0.2, 0.25) is 0 Å². The predicted molar refractivity (Wildman–Crippen MR) is 97.8 cm³/mol. The number of nitrogens with zero attached hydrogens (tertiary/aromatic N) is 4. The summed E-state index contributed by atoms with van der Waals surface area (Å²) in [5.74, 6) is 0.477. The third-order valence-corrected chi connectivity index (χ3v) is 5.47. The summed E-state index contributed by atoms with van der Waals surface area (Å²) < 4.78 is 1.85. The molecule has 134 valence electrons. The molecule has 1 saturated heterocycles. The van der Waals surface area contributed by atoms with Gasteiger partial charge >= 0.3 is 0 Å². The molecule has 3 aromatic rings. The van der Waals surface area contributed by atoms with Crippen molar-refractivity contribution in [3.8, 4) is 0 Å². The van der Waals surface area contributed by atoms with Crippen LogP contribution in [0.5, 0.6) is 0 Å². The number of fused-ring (bicyclic) bond motifs is 1. The number of carbonyl (C=O) groups excluding carboxylic acids is 2. The highest BCUT2D eigenvalue weighted by atomic mass is 32.1. The van der Waals surface area contributed by atoms with Gasteiger partial charge < -0.3 is 10.2 Å². The molecule has 0 bridgehead atoms. The summed E-state index contributed by atoms with van der Waals surface area (Å²) in [5.41, 5.74) is 0.752. The first-order valence-corrected chi connectivity index (χ1v) is 9.49. The zero-order chi connectivity index (χ0) is 17.9. The lowest BCUT2D eigenvalue weighted by Crippen LogP contribution is -2.45. The Labute approximate surface area is 154 Å². The van der Waals surface area contributed by atoms with Crippen LogP contribution in [-0.4, -0.2) is 44.4 Å². The van der Waals surface area contributed by atoms with E-state index in [9.17, 15) is 9.59 Å². The zero-order valence-corrected chi connectivity index (χ0v) is 15.0. The van der Waals surface area contributed by atoms with Gasteiger partial charge in [-0.25, -0.2) is 0 Å². The summed E-state index contributed by atoms with van der Waals surface area (Å²) in [5, 5.41) is 13.0. The first kappa shape index (κ1) is 16.7. The quantitative estimate of drug-likeness (QED) is 0.762. The van der Waals surface area contributed by atoms with E-state index >= 15 is 0 Å². The van der Waals surface area contributed by atoms with Crippen molar-refractivity contribution in [1.82, 2.24) is 24.8 Å². The smallest absolute Gasteiger partial charge is 0.263 e. The van der Waals surface area contributed by atoms with E-state index in [4.69, 9.17) is 0 Å². The maximum Gasteiger partial charge on any atom is 0.263 e. The van der Waals surface area contributed by atoms with E-state index in [0.29, 0.717) is 25.5 Å². The van der Waals surface area contributed by atoms with Crippen LogP contribution in [0.3, 0.4) is 0 Å². The van der Waals surface area contributed by atoms with Gasteiger partial charge in [0, 0.05) is 19.3 Å². The molecule has 1 aliphatic rings. The minimum absolute atomic E-state index is 0.0148. The summed E-state index contributed by atoms with van der Waals surface area (Å²) in [6.45, 7) is 1.48. The van der Waals surface area contributed by atoms with Crippen LogP contribution < -0.4 is 5.32 Å². The number of nitrogens with one attached hydrogen (secondary N) is 1. The lowest BCUT2D eigenvalue weighted by molar-refractivity contribution is -0.126. The second-order valence-electron chi connectivity index (χ2n) is 6.33. The highest BCUT2D eigenvalue weighted by Crippen LogP contribution is 2.20. The molecule has 0 spiro atoms. The Hall–Kier alpha value is -2.74. The van der Waals surface area contributed by atoms with Crippen LogP contribution in [0.15, 0.2) is 41.9 Å². The fourth-order valence-electron chi connectivity index (χ4n) is 3.25. The average molecular weight is 369 g/mol. The predicted octanol–water partition coefficient (Wildman–Crippen LogP) is 1.96. The molecule has 26 heavy (non-hydrogen) atoms. The molecule has 7 nitrogen and oxygen atoms in total. The van der Waals surface area contributed by atoms with Crippen molar-refractivity contribution < 1.29 is 9.59 Å². The van der Waals surface area contributed by atoms with Crippen LogP contribution in [-0.2, 0) is 11.3 Å². The topological polar surface area (TPSA) is 79.6 Å². The first-order valence-electron chi connectivity index (χ1n) is 8.61. The minimum atomic E-state index is -0.188. The second kappa shape index (κ2) is 7.25. The Morgan fingerprint density at radius 3 is 3.00 bits per heavy atom. The number of likely N-dealkylation sites (tertiary alicyclic amines) is 1. The Bertz CT molecular complexity index is 921. The van der Waals surface area contributed by atoms with Crippen LogP contribution in [0.4, 0.5) is 0 Å². The summed E-state index contributed by atoms with van der Waals surface area (Å²) >= 11 is 1.43. The molecule has 0 radical (unpaired) electrons.